The van der Waals surface area contributed by atoms with Crippen LogP contribution < -0.4 is 4.74 Å². The molecular weight excluding hydrogens is 390 g/mol. The predicted molar refractivity (Wildman–Crippen MR) is 135 cm³/mol. The van der Waals surface area contributed by atoms with Crippen LogP contribution in [0.1, 0.15) is 114 Å². The van der Waals surface area contributed by atoms with E-state index in [9.17, 15) is 0 Å². The van der Waals surface area contributed by atoms with Crippen LogP contribution in [0.25, 0.3) is 0 Å². The molecule has 3 rings (SSSR count). The van der Waals surface area contributed by atoms with Crippen molar-refractivity contribution in [3.05, 3.63) is 59.4 Å². The van der Waals surface area contributed by atoms with Crippen molar-refractivity contribution in [3.8, 4) is 17.6 Å². The molecule has 0 spiro atoms. The van der Waals surface area contributed by atoms with Crippen LogP contribution in [-0.2, 0) is 0 Å². The van der Waals surface area contributed by atoms with E-state index in [1.54, 1.807) is 6.20 Å². The van der Waals surface area contributed by atoms with Crippen LogP contribution in [-0.4, -0.2) is 11.6 Å². The Morgan fingerprint density at radius 2 is 1.56 bits per heavy atom. The van der Waals surface area contributed by atoms with E-state index in [2.05, 4.69) is 54.9 Å². The first-order valence-electron chi connectivity index (χ1n) is 13.0. The van der Waals surface area contributed by atoms with Crippen molar-refractivity contribution in [1.82, 2.24) is 4.98 Å². The molecule has 0 unspecified atom stereocenters. The molecule has 1 saturated carbocycles. The van der Waals surface area contributed by atoms with E-state index in [-0.39, 0.29) is 0 Å². The lowest BCUT2D eigenvalue weighted by atomic mass is 9.77. The van der Waals surface area contributed by atoms with E-state index in [0.29, 0.717) is 0 Å². The van der Waals surface area contributed by atoms with Crippen molar-refractivity contribution in [2.75, 3.05) is 6.61 Å². The van der Waals surface area contributed by atoms with Crippen LogP contribution in [0.5, 0.6) is 5.75 Å². The molecule has 0 radical (unpaired) electrons. The second-order valence-corrected chi connectivity index (χ2v) is 9.37. The zero-order valence-corrected chi connectivity index (χ0v) is 20.2. The molecule has 0 N–H and O–H groups in total. The third-order valence-corrected chi connectivity index (χ3v) is 6.78. The number of nitrogens with zero attached hydrogens (tertiary/aromatic N) is 1. The monoisotopic (exact) mass is 431 g/mol. The average Bonchev–Trinajstić information content (AvgIpc) is 2.84. The summed E-state index contributed by atoms with van der Waals surface area (Å²) < 4.78 is 5.76. The lowest BCUT2D eigenvalue weighted by Gasteiger charge is -2.29. The molecule has 1 fully saturated rings. The van der Waals surface area contributed by atoms with E-state index in [1.165, 1.54) is 76.2 Å². The topological polar surface area (TPSA) is 22.1 Å². The number of rotatable bonds is 11. The van der Waals surface area contributed by atoms with Gasteiger partial charge in [-0.05, 0) is 79.7 Å². The molecule has 2 aromatic rings. The summed E-state index contributed by atoms with van der Waals surface area (Å²) in [4.78, 5) is 4.43. The number of hydrogen-bond acceptors (Lipinski definition) is 2. The largest absolute Gasteiger partial charge is 0.492 e. The smallest absolute Gasteiger partial charge is 0.137 e. The summed E-state index contributed by atoms with van der Waals surface area (Å²) in [5.74, 6) is 8.97. The Labute approximate surface area is 196 Å². The highest BCUT2D eigenvalue weighted by Crippen LogP contribution is 2.37. The van der Waals surface area contributed by atoms with E-state index in [1.807, 2.05) is 12.1 Å². The van der Waals surface area contributed by atoms with E-state index < -0.39 is 0 Å². The summed E-state index contributed by atoms with van der Waals surface area (Å²) in [7, 11) is 0. The highest BCUT2D eigenvalue weighted by molar-refractivity contribution is 5.42. The second-order valence-electron chi connectivity index (χ2n) is 9.37. The van der Waals surface area contributed by atoms with Gasteiger partial charge in [0.05, 0.1) is 12.8 Å². The number of unbranched alkanes of at least 4 members (excludes halogenated alkanes) is 5. The predicted octanol–water partition coefficient (Wildman–Crippen LogP) is 8.29. The summed E-state index contributed by atoms with van der Waals surface area (Å²) in [5.41, 5.74) is 3.33. The van der Waals surface area contributed by atoms with Crippen LogP contribution in [0.15, 0.2) is 42.6 Å². The number of ether oxygens (including phenoxy) is 1. The van der Waals surface area contributed by atoms with Crippen molar-refractivity contribution < 1.29 is 4.74 Å². The average molecular weight is 432 g/mol. The Morgan fingerprint density at radius 3 is 2.25 bits per heavy atom. The highest BCUT2D eigenvalue weighted by atomic mass is 16.5. The molecule has 1 aromatic carbocycles. The normalized spacial score (nSPS) is 18.1. The first kappa shape index (κ1) is 24.4. The van der Waals surface area contributed by atoms with Crippen LogP contribution in [0.3, 0.4) is 0 Å². The van der Waals surface area contributed by atoms with Crippen LogP contribution in [0.4, 0.5) is 0 Å². The summed E-state index contributed by atoms with van der Waals surface area (Å²) >= 11 is 0. The minimum absolute atomic E-state index is 0.732. The Kier molecular flexibility index (Phi) is 10.7. The zero-order chi connectivity index (χ0) is 22.4. The van der Waals surface area contributed by atoms with Gasteiger partial charge in [-0.25, -0.2) is 4.98 Å². The van der Waals surface area contributed by atoms with Crippen molar-refractivity contribution >= 4 is 0 Å². The SMILES string of the molecule is CCCCCCOc1ccc(C#Cc2ccc([C@H]3CC[C@H](CCCCC)CC3)cc2)nc1. The molecule has 172 valence electrons. The number of pyridine rings is 1. The first-order chi connectivity index (χ1) is 15.8. The van der Waals surface area contributed by atoms with Crippen molar-refractivity contribution in [2.45, 2.75) is 96.8 Å². The summed E-state index contributed by atoms with van der Waals surface area (Å²) in [6.07, 6.45) is 17.7. The molecular formula is C30H41NO. The van der Waals surface area contributed by atoms with Gasteiger partial charge in [-0.15, -0.1) is 0 Å². The van der Waals surface area contributed by atoms with Crippen molar-refractivity contribution in [2.24, 2.45) is 5.92 Å². The minimum Gasteiger partial charge on any atom is -0.492 e. The van der Waals surface area contributed by atoms with Gasteiger partial charge in [0.2, 0.25) is 0 Å². The van der Waals surface area contributed by atoms with Crippen LogP contribution in [0, 0.1) is 17.8 Å². The third kappa shape index (κ3) is 8.34. The molecule has 0 amide bonds. The molecule has 1 aliphatic carbocycles. The van der Waals surface area contributed by atoms with Gasteiger partial charge in [-0.3, -0.25) is 0 Å². The molecule has 32 heavy (non-hydrogen) atoms. The number of aromatic nitrogens is 1. The standard InChI is InChI=1S/C30H41NO/c1-3-5-7-9-23-32-30-22-21-29(31-24-30)20-15-26-13-18-28(19-14-26)27-16-11-25(12-17-27)10-8-6-4-2/h13-14,18-19,21-22,24-25,27H,3-12,16-17,23H2,1-2H3/t25-,27-. The van der Waals surface area contributed by atoms with E-state index in [4.69, 9.17) is 4.74 Å². The van der Waals surface area contributed by atoms with Gasteiger partial charge in [0.15, 0.2) is 0 Å². The molecule has 0 atom stereocenters. The fourth-order valence-electron chi connectivity index (χ4n) is 4.70. The molecule has 2 nitrogen and oxygen atoms in total. The summed E-state index contributed by atoms with van der Waals surface area (Å²) in [6, 6.07) is 12.8. The van der Waals surface area contributed by atoms with Crippen molar-refractivity contribution in [3.63, 3.8) is 0 Å². The maximum absolute atomic E-state index is 5.76. The Morgan fingerprint density at radius 1 is 0.812 bits per heavy atom. The second kappa shape index (κ2) is 14.0. The highest BCUT2D eigenvalue weighted by Gasteiger charge is 2.21. The van der Waals surface area contributed by atoms with Crippen molar-refractivity contribution in [1.29, 1.82) is 0 Å². The summed E-state index contributed by atoms with van der Waals surface area (Å²) in [5, 5.41) is 0. The minimum atomic E-state index is 0.732. The van der Waals surface area contributed by atoms with Gasteiger partial charge < -0.3 is 4.74 Å². The quantitative estimate of drug-likeness (QED) is 0.264. The third-order valence-electron chi connectivity index (χ3n) is 6.78. The fourth-order valence-corrected chi connectivity index (χ4v) is 4.70. The molecule has 0 saturated heterocycles. The first-order valence-corrected chi connectivity index (χ1v) is 13.0. The summed E-state index contributed by atoms with van der Waals surface area (Å²) in [6.45, 7) is 5.28. The number of hydrogen-bond donors (Lipinski definition) is 0. The van der Waals surface area contributed by atoms with E-state index in [0.717, 1.165) is 41.9 Å². The molecule has 1 aromatic heterocycles. The maximum atomic E-state index is 5.76. The van der Waals surface area contributed by atoms with Crippen LogP contribution >= 0.6 is 0 Å². The zero-order valence-electron chi connectivity index (χ0n) is 20.2. The Bertz CT molecular complexity index is 820. The lowest BCUT2D eigenvalue weighted by Crippen LogP contribution is -2.13. The maximum Gasteiger partial charge on any atom is 0.137 e. The number of benzene rings is 1. The lowest BCUT2D eigenvalue weighted by molar-refractivity contribution is 0.303. The molecule has 0 bridgehead atoms. The van der Waals surface area contributed by atoms with Crippen LogP contribution in [0.2, 0.25) is 0 Å². The van der Waals surface area contributed by atoms with Gasteiger partial charge >= 0.3 is 0 Å². The van der Waals surface area contributed by atoms with Gasteiger partial charge in [0.1, 0.15) is 11.4 Å². The molecule has 2 heteroatoms. The fraction of sp³-hybridized carbons (Fsp3) is 0.567. The van der Waals surface area contributed by atoms with Gasteiger partial charge in [-0.1, -0.05) is 76.8 Å². The molecule has 1 aliphatic rings. The van der Waals surface area contributed by atoms with Gasteiger partial charge in [0.25, 0.3) is 0 Å². The van der Waals surface area contributed by atoms with Gasteiger partial charge in [0, 0.05) is 5.56 Å². The molecule has 1 heterocycles. The Hall–Kier alpha value is -2.27. The van der Waals surface area contributed by atoms with Gasteiger partial charge in [-0.2, -0.15) is 0 Å². The molecule has 0 aliphatic heterocycles. The van der Waals surface area contributed by atoms with E-state index >= 15 is 0 Å². The Balaban J connectivity index is 1.44.